The van der Waals surface area contributed by atoms with E-state index in [1.165, 1.54) is 0 Å². The largest absolute Gasteiger partial charge is 0.321 e. The highest BCUT2D eigenvalue weighted by Gasteiger charge is 2.09. The summed E-state index contributed by atoms with van der Waals surface area (Å²) in [5.41, 5.74) is 5.06. The number of rotatable bonds is 3. The summed E-state index contributed by atoms with van der Waals surface area (Å²) in [7, 11) is 0. The molecule has 48 valence electrons. The van der Waals surface area contributed by atoms with Crippen LogP contribution in [0.25, 0.3) is 0 Å². The quantitative estimate of drug-likeness (QED) is 0.528. The smallest absolute Gasteiger partial charge is 0.181 e. The molecule has 0 unspecified atom stereocenters. The SMILES string of the molecule is N[C@@H](CS)C(=O)CF. The van der Waals surface area contributed by atoms with E-state index in [2.05, 4.69) is 12.6 Å². The van der Waals surface area contributed by atoms with Crippen LogP contribution in [0.3, 0.4) is 0 Å². The molecule has 0 aliphatic heterocycles. The number of carbonyl (C=O) groups excluding carboxylic acids is 1. The average molecular weight is 137 g/mol. The molecule has 0 saturated heterocycles. The van der Waals surface area contributed by atoms with Crippen LogP contribution in [0.1, 0.15) is 0 Å². The van der Waals surface area contributed by atoms with Crippen molar-refractivity contribution in [1.82, 2.24) is 0 Å². The molecule has 0 radical (unpaired) electrons. The first-order valence-corrected chi connectivity index (χ1v) is 2.80. The van der Waals surface area contributed by atoms with Gasteiger partial charge < -0.3 is 5.73 Å². The summed E-state index contributed by atoms with van der Waals surface area (Å²) in [6.07, 6.45) is 0. The van der Waals surface area contributed by atoms with Gasteiger partial charge in [-0.3, -0.25) is 4.79 Å². The Morgan fingerprint density at radius 3 is 2.50 bits per heavy atom. The zero-order valence-electron chi connectivity index (χ0n) is 4.30. The molecule has 0 aromatic heterocycles. The average Bonchev–Trinajstić information content (AvgIpc) is 1.84. The molecule has 0 bridgehead atoms. The number of thiol groups is 1. The van der Waals surface area contributed by atoms with Crippen LogP contribution in [0.15, 0.2) is 0 Å². The molecule has 4 heteroatoms. The van der Waals surface area contributed by atoms with Gasteiger partial charge in [-0.15, -0.1) is 0 Å². The van der Waals surface area contributed by atoms with Gasteiger partial charge in [0.2, 0.25) is 0 Å². The molecule has 8 heavy (non-hydrogen) atoms. The van der Waals surface area contributed by atoms with Gasteiger partial charge in [0.1, 0.15) is 6.67 Å². The van der Waals surface area contributed by atoms with Crippen molar-refractivity contribution in [3.63, 3.8) is 0 Å². The van der Waals surface area contributed by atoms with E-state index in [-0.39, 0.29) is 5.75 Å². The predicted molar refractivity (Wildman–Crippen MR) is 32.8 cm³/mol. The lowest BCUT2D eigenvalue weighted by atomic mass is 10.2. The van der Waals surface area contributed by atoms with Gasteiger partial charge in [-0.25, -0.2) is 4.39 Å². The normalized spacial score (nSPS) is 13.4. The van der Waals surface area contributed by atoms with E-state index in [1.54, 1.807) is 0 Å². The fourth-order valence-electron chi connectivity index (χ4n) is 0.201. The zero-order valence-corrected chi connectivity index (χ0v) is 5.20. The minimum absolute atomic E-state index is 0.211. The van der Waals surface area contributed by atoms with Crippen LogP contribution in [0.2, 0.25) is 0 Å². The second-order valence-electron chi connectivity index (χ2n) is 1.39. The Labute approximate surface area is 52.7 Å². The number of halogens is 1. The number of hydrogen-bond donors (Lipinski definition) is 2. The van der Waals surface area contributed by atoms with E-state index in [9.17, 15) is 9.18 Å². The Bertz CT molecular complexity index is 88.1. The number of ketones is 1. The van der Waals surface area contributed by atoms with E-state index in [1.807, 2.05) is 0 Å². The highest BCUT2D eigenvalue weighted by atomic mass is 32.1. The standard InChI is InChI=1S/C4H8FNOS/c5-1-4(7)3(6)2-8/h3,8H,1-2,6H2/t3-/m0/s1. The first kappa shape index (κ1) is 7.91. The molecular formula is C4H8FNOS. The van der Waals surface area contributed by atoms with Crippen molar-refractivity contribution in [2.75, 3.05) is 12.4 Å². The first-order chi connectivity index (χ1) is 3.72. The Balaban J connectivity index is 3.46. The summed E-state index contributed by atoms with van der Waals surface area (Å²) in [5.74, 6) is -0.372. The summed E-state index contributed by atoms with van der Waals surface area (Å²) in [6, 6.07) is -0.733. The van der Waals surface area contributed by atoms with E-state index in [4.69, 9.17) is 5.73 Å². The van der Waals surface area contributed by atoms with Gasteiger partial charge >= 0.3 is 0 Å². The van der Waals surface area contributed by atoms with Crippen LogP contribution >= 0.6 is 12.6 Å². The summed E-state index contributed by atoms with van der Waals surface area (Å²) in [5, 5.41) is 0. The molecule has 0 heterocycles. The van der Waals surface area contributed by atoms with Crippen LogP contribution in [-0.2, 0) is 4.79 Å². The second kappa shape index (κ2) is 3.86. The van der Waals surface area contributed by atoms with Crippen LogP contribution in [0.5, 0.6) is 0 Å². The van der Waals surface area contributed by atoms with E-state index >= 15 is 0 Å². The number of carbonyl (C=O) groups is 1. The highest BCUT2D eigenvalue weighted by molar-refractivity contribution is 7.80. The van der Waals surface area contributed by atoms with Gasteiger partial charge in [0.15, 0.2) is 5.78 Å². The maximum atomic E-state index is 11.4. The van der Waals surface area contributed by atoms with Gasteiger partial charge in [-0.1, -0.05) is 0 Å². The van der Waals surface area contributed by atoms with Gasteiger partial charge in [-0.05, 0) is 0 Å². The minimum Gasteiger partial charge on any atom is -0.321 e. The molecule has 0 amide bonds. The Morgan fingerprint density at radius 2 is 2.38 bits per heavy atom. The van der Waals surface area contributed by atoms with Crippen molar-refractivity contribution in [3.8, 4) is 0 Å². The molecule has 1 atom stereocenters. The van der Waals surface area contributed by atoms with Crippen molar-refractivity contribution >= 4 is 18.4 Å². The Morgan fingerprint density at radius 1 is 1.88 bits per heavy atom. The highest BCUT2D eigenvalue weighted by Crippen LogP contribution is 1.85. The van der Waals surface area contributed by atoms with Crippen molar-refractivity contribution in [2.45, 2.75) is 6.04 Å². The third kappa shape index (κ3) is 2.28. The van der Waals surface area contributed by atoms with Crippen molar-refractivity contribution in [3.05, 3.63) is 0 Å². The lowest BCUT2D eigenvalue weighted by molar-refractivity contribution is -0.120. The molecule has 0 saturated carbocycles. The number of alkyl halides is 1. The lowest BCUT2D eigenvalue weighted by Gasteiger charge is -2.00. The summed E-state index contributed by atoms with van der Waals surface area (Å²) >= 11 is 3.70. The van der Waals surface area contributed by atoms with Crippen LogP contribution < -0.4 is 5.73 Å². The van der Waals surface area contributed by atoms with E-state index < -0.39 is 18.5 Å². The molecule has 0 aliphatic carbocycles. The number of Topliss-reactive ketones (excluding diaryl/α,β-unsaturated/α-hetero) is 1. The number of nitrogens with two attached hydrogens (primary N) is 1. The minimum atomic E-state index is -0.984. The lowest BCUT2D eigenvalue weighted by Crippen LogP contribution is -2.33. The molecular weight excluding hydrogens is 129 g/mol. The fraction of sp³-hybridized carbons (Fsp3) is 0.750. The summed E-state index contributed by atoms with van der Waals surface area (Å²) in [4.78, 5) is 10.2. The van der Waals surface area contributed by atoms with Crippen molar-refractivity contribution in [2.24, 2.45) is 5.73 Å². The van der Waals surface area contributed by atoms with Gasteiger partial charge in [0, 0.05) is 5.75 Å². The topological polar surface area (TPSA) is 43.1 Å². The second-order valence-corrected chi connectivity index (χ2v) is 1.75. The molecule has 0 spiro atoms. The summed E-state index contributed by atoms with van der Waals surface area (Å²) in [6.45, 7) is -0.984. The van der Waals surface area contributed by atoms with Crippen LogP contribution in [-0.4, -0.2) is 24.3 Å². The van der Waals surface area contributed by atoms with Crippen LogP contribution in [0, 0.1) is 0 Å². The monoisotopic (exact) mass is 137 g/mol. The fourth-order valence-corrected chi connectivity index (χ4v) is 0.405. The van der Waals surface area contributed by atoms with Crippen LogP contribution in [0.4, 0.5) is 4.39 Å². The molecule has 0 aliphatic rings. The van der Waals surface area contributed by atoms with Gasteiger partial charge in [-0.2, -0.15) is 12.6 Å². The molecule has 0 fully saturated rings. The predicted octanol–water partition coefficient (Wildman–Crippen LogP) is -0.218. The van der Waals surface area contributed by atoms with Gasteiger partial charge in [0.25, 0.3) is 0 Å². The molecule has 0 rings (SSSR count). The van der Waals surface area contributed by atoms with Crippen molar-refractivity contribution in [1.29, 1.82) is 0 Å². The molecule has 0 aromatic rings. The third-order valence-electron chi connectivity index (χ3n) is 0.742. The maximum absolute atomic E-state index is 11.4. The van der Waals surface area contributed by atoms with E-state index in [0.29, 0.717) is 0 Å². The molecule has 2 N–H and O–H groups in total. The van der Waals surface area contributed by atoms with E-state index in [0.717, 1.165) is 0 Å². The van der Waals surface area contributed by atoms with Crippen molar-refractivity contribution < 1.29 is 9.18 Å². The summed E-state index contributed by atoms with van der Waals surface area (Å²) < 4.78 is 11.4. The first-order valence-electron chi connectivity index (χ1n) is 2.17. The Kier molecular flexibility index (Phi) is 3.81. The third-order valence-corrected chi connectivity index (χ3v) is 1.14. The molecule has 0 aromatic carbocycles. The van der Waals surface area contributed by atoms with Gasteiger partial charge in [0.05, 0.1) is 6.04 Å². The number of hydrogen-bond acceptors (Lipinski definition) is 3. The molecule has 2 nitrogen and oxygen atoms in total. The zero-order chi connectivity index (χ0) is 6.57. The maximum Gasteiger partial charge on any atom is 0.181 e. The Hall–Kier alpha value is -0.0900.